The molecule has 0 spiro atoms. The molecule has 0 unspecified atom stereocenters. The van der Waals surface area contributed by atoms with Crippen LogP contribution in [-0.2, 0) is 22.7 Å². The van der Waals surface area contributed by atoms with Gasteiger partial charge >= 0.3 is 11.8 Å². The third-order valence-electron chi connectivity index (χ3n) is 4.53. The number of hydrogen-bond donors (Lipinski definition) is 0. The Hall–Kier alpha value is -3.40. The number of para-hydroxylation sites is 1. The van der Waals surface area contributed by atoms with E-state index in [9.17, 15) is 9.59 Å². The molecule has 0 radical (unpaired) electrons. The van der Waals surface area contributed by atoms with Crippen molar-refractivity contribution in [2.75, 3.05) is 11.4 Å². The highest BCUT2D eigenvalue weighted by molar-refractivity contribution is 6.40. The number of likely N-dealkylation sites (N-methyl/N-ethyl adjacent to an activating group) is 1. The van der Waals surface area contributed by atoms with Gasteiger partial charge in [-0.05, 0) is 30.2 Å². The van der Waals surface area contributed by atoms with Gasteiger partial charge in [0.2, 0.25) is 0 Å². The molecule has 0 saturated carbocycles. The number of anilines is 1. The van der Waals surface area contributed by atoms with Crippen LogP contribution in [-0.4, -0.2) is 23.3 Å². The van der Waals surface area contributed by atoms with Crippen LogP contribution >= 0.6 is 0 Å². The number of rotatable bonds is 6. The van der Waals surface area contributed by atoms with E-state index in [0.717, 1.165) is 16.8 Å². The van der Waals surface area contributed by atoms with Crippen molar-refractivity contribution in [1.82, 2.24) is 4.90 Å². The van der Waals surface area contributed by atoms with E-state index < -0.39 is 11.8 Å². The summed E-state index contributed by atoms with van der Waals surface area (Å²) in [6.07, 6.45) is 0. The molecule has 0 saturated heterocycles. The van der Waals surface area contributed by atoms with Gasteiger partial charge in [0.25, 0.3) is 0 Å². The van der Waals surface area contributed by atoms with Gasteiger partial charge in [0.1, 0.15) is 0 Å². The van der Waals surface area contributed by atoms with E-state index in [4.69, 9.17) is 0 Å². The molecule has 0 bridgehead atoms. The summed E-state index contributed by atoms with van der Waals surface area (Å²) in [5.41, 5.74) is 2.70. The van der Waals surface area contributed by atoms with E-state index in [1.54, 1.807) is 4.90 Å². The summed E-state index contributed by atoms with van der Waals surface area (Å²) in [6, 6.07) is 28.8. The van der Waals surface area contributed by atoms with Gasteiger partial charge in [-0.2, -0.15) is 0 Å². The molecule has 0 aliphatic heterocycles. The largest absolute Gasteiger partial charge is 0.326 e. The molecule has 0 fully saturated rings. The fourth-order valence-electron chi connectivity index (χ4n) is 3.11. The molecule has 4 nitrogen and oxygen atoms in total. The summed E-state index contributed by atoms with van der Waals surface area (Å²) >= 11 is 0. The van der Waals surface area contributed by atoms with Crippen molar-refractivity contribution in [3.8, 4) is 0 Å². The molecule has 0 aliphatic rings. The number of nitrogens with zero attached hydrogens (tertiary/aromatic N) is 2. The van der Waals surface area contributed by atoms with E-state index >= 15 is 0 Å². The Morgan fingerprint density at radius 2 is 1.07 bits per heavy atom. The molecule has 0 aromatic heterocycles. The molecule has 0 atom stereocenters. The lowest BCUT2D eigenvalue weighted by atomic mass is 10.1. The van der Waals surface area contributed by atoms with Crippen molar-refractivity contribution >= 4 is 17.5 Å². The molecule has 3 aromatic carbocycles. The lowest BCUT2D eigenvalue weighted by Gasteiger charge is -2.26. The van der Waals surface area contributed by atoms with E-state index in [0.29, 0.717) is 19.6 Å². The maximum absolute atomic E-state index is 13.2. The Balaban J connectivity index is 1.85. The SMILES string of the molecule is CCN(C(=O)C(=O)N(Cc1ccccc1)Cc1ccccc1)c1ccccc1. The van der Waals surface area contributed by atoms with E-state index in [-0.39, 0.29) is 0 Å². The first kappa shape index (κ1) is 19.4. The molecule has 142 valence electrons. The zero-order chi connectivity index (χ0) is 19.8. The van der Waals surface area contributed by atoms with Gasteiger partial charge in [-0.3, -0.25) is 9.59 Å². The van der Waals surface area contributed by atoms with Gasteiger partial charge in [-0.25, -0.2) is 0 Å². The molecular weight excluding hydrogens is 348 g/mol. The minimum atomic E-state index is -0.513. The number of carbonyl (C=O) groups excluding carboxylic acids is 2. The fraction of sp³-hybridized carbons (Fsp3) is 0.167. The maximum atomic E-state index is 13.2. The molecule has 0 N–H and O–H groups in total. The van der Waals surface area contributed by atoms with E-state index in [2.05, 4.69) is 0 Å². The van der Waals surface area contributed by atoms with Gasteiger partial charge in [0, 0.05) is 25.3 Å². The van der Waals surface area contributed by atoms with Gasteiger partial charge in [0.05, 0.1) is 0 Å². The Morgan fingerprint density at radius 3 is 1.50 bits per heavy atom. The topological polar surface area (TPSA) is 40.6 Å². The third kappa shape index (κ3) is 4.86. The molecular formula is C24H24N2O2. The predicted octanol–water partition coefficient (Wildman–Crippen LogP) is 4.27. The Labute approximate surface area is 166 Å². The summed E-state index contributed by atoms with van der Waals surface area (Å²) in [6.45, 7) is 3.06. The van der Waals surface area contributed by atoms with Crippen LogP contribution in [0.25, 0.3) is 0 Å². The fourth-order valence-corrected chi connectivity index (χ4v) is 3.11. The van der Waals surface area contributed by atoms with Crippen molar-refractivity contribution in [3.63, 3.8) is 0 Å². The predicted molar refractivity (Wildman–Crippen MR) is 112 cm³/mol. The minimum Gasteiger partial charge on any atom is -0.326 e. The van der Waals surface area contributed by atoms with Crippen LogP contribution in [0, 0.1) is 0 Å². The second-order valence-corrected chi connectivity index (χ2v) is 6.52. The van der Waals surface area contributed by atoms with Gasteiger partial charge in [-0.15, -0.1) is 0 Å². The average Bonchev–Trinajstić information content (AvgIpc) is 2.75. The summed E-state index contributed by atoms with van der Waals surface area (Å²) in [5.74, 6) is -1.01. The Kier molecular flexibility index (Phi) is 6.58. The average molecular weight is 372 g/mol. The maximum Gasteiger partial charge on any atom is 0.316 e. The first-order valence-electron chi connectivity index (χ1n) is 9.42. The van der Waals surface area contributed by atoms with Crippen LogP contribution in [0.5, 0.6) is 0 Å². The van der Waals surface area contributed by atoms with E-state index in [1.807, 2.05) is 97.9 Å². The highest BCUT2D eigenvalue weighted by atomic mass is 16.2. The number of carbonyl (C=O) groups is 2. The zero-order valence-corrected chi connectivity index (χ0v) is 16.0. The highest BCUT2D eigenvalue weighted by Gasteiger charge is 2.27. The van der Waals surface area contributed by atoms with Crippen LogP contribution in [0.1, 0.15) is 18.1 Å². The monoisotopic (exact) mass is 372 g/mol. The van der Waals surface area contributed by atoms with Crippen molar-refractivity contribution in [2.45, 2.75) is 20.0 Å². The summed E-state index contributed by atoms with van der Waals surface area (Å²) < 4.78 is 0. The van der Waals surface area contributed by atoms with Crippen LogP contribution in [0.15, 0.2) is 91.0 Å². The number of benzene rings is 3. The lowest BCUT2D eigenvalue weighted by Crippen LogP contribution is -2.45. The van der Waals surface area contributed by atoms with E-state index in [1.165, 1.54) is 4.90 Å². The molecule has 2 amide bonds. The van der Waals surface area contributed by atoms with Crippen molar-refractivity contribution < 1.29 is 9.59 Å². The lowest BCUT2D eigenvalue weighted by molar-refractivity contribution is -0.145. The first-order valence-corrected chi connectivity index (χ1v) is 9.42. The quantitative estimate of drug-likeness (QED) is 0.607. The molecule has 3 rings (SSSR count). The van der Waals surface area contributed by atoms with Crippen LogP contribution in [0.4, 0.5) is 5.69 Å². The summed E-state index contributed by atoms with van der Waals surface area (Å²) in [4.78, 5) is 29.3. The zero-order valence-electron chi connectivity index (χ0n) is 16.0. The summed E-state index contributed by atoms with van der Waals surface area (Å²) in [7, 11) is 0. The molecule has 0 heterocycles. The second kappa shape index (κ2) is 9.51. The highest BCUT2D eigenvalue weighted by Crippen LogP contribution is 2.16. The normalized spacial score (nSPS) is 10.3. The molecule has 0 aliphatic carbocycles. The second-order valence-electron chi connectivity index (χ2n) is 6.52. The van der Waals surface area contributed by atoms with Gasteiger partial charge in [-0.1, -0.05) is 78.9 Å². The van der Waals surface area contributed by atoms with Gasteiger partial charge < -0.3 is 9.80 Å². The molecule has 3 aromatic rings. The molecule has 28 heavy (non-hydrogen) atoms. The summed E-state index contributed by atoms with van der Waals surface area (Å²) in [5, 5.41) is 0. The number of hydrogen-bond acceptors (Lipinski definition) is 2. The van der Waals surface area contributed by atoms with Crippen LogP contribution in [0.3, 0.4) is 0 Å². The van der Waals surface area contributed by atoms with Crippen LogP contribution in [0.2, 0.25) is 0 Å². The van der Waals surface area contributed by atoms with Gasteiger partial charge in [0.15, 0.2) is 0 Å². The first-order chi connectivity index (χ1) is 13.7. The standard InChI is InChI=1S/C24H24N2O2/c1-2-26(22-16-10-5-11-17-22)24(28)23(27)25(18-20-12-6-3-7-13-20)19-21-14-8-4-9-15-21/h3-17H,2,18-19H2,1H3. The smallest absolute Gasteiger partial charge is 0.316 e. The Bertz CT molecular complexity index is 854. The van der Waals surface area contributed by atoms with Crippen molar-refractivity contribution in [3.05, 3.63) is 102 Å². The van der Waals surface area contributed by atoms with Crippen LogP contribution < -0.4 is 4.90 Å². The minimum absolute atomic E-state index is 0.382. The Morgan fingerprint density at radius 1 is 0.643 bits per heavy atom. The van der Waals surface area contributed by atoms with Crippen molar-refractivity contribution in [2.24, 2.45) is 0 Å². The number of amides is 2. The van der Waals surface area contributed by atoms with Crippen molar-refractivity contribution in [1.29, 1.82) is 0 Å². The molecule has 4 heteroatoms. The third-order valence-corrected chi connectivity index (χ3v) is 4.53.